The normalized spacial score (nSPS) is 19.9. The van der Waals surface area contributed by atoms with Crippen LogP contribution in [0.25, 0.3) is 0 Å². The van der Waals surface area contributed by atoms with Crippen LogP contribution in [0.4, 0.5) is 5.69 Å². The number of thioether (sulfide) groups is 1. The lowest BCUT2D eigenvalue weighted by Crippen LogP contribution is -2.10. The molecule has 0 unspecified atom stereocenters. The number of hydrogen-bond acceptors (Lipinski definition) is 5. The van der Waals surface area contributed by atoms with Crippen molar-refractivity contribution in [2.45, 2.75) is 11.4 Å². The third-order valence-electron chi connectivity index (χ3n) is 2.57. The van der Waals surface area contributed by atoms with Gasteiger partial charge in [0.25, 0.3) is 0 Å². The fourth-order valence-electron chi connectivity index (χ4n) is 1.69. The summed E-state index contributed by atoms with van der Waals surface area (Å²) in [5.41, 5.74) is 0.110. The van der Waals surface area contributed by atoms with E-state index >= 15 is 0 Å². The molecule has 2 heterocycles. The molecule has 1 aliphatic rings. The molecule has 1 saturated heterocycles. The highest BCUT2D eigenvalue weighted by Gasteiger charge is 2.19. The van der Waals surface area contributed by atoms with Crippen LogP contribution in [0.3, 0.4) is 0 Å². The Morgan fingerprint density at radius 3 is 3.25 bits per heavy atom. The van der Waals surface area contributed by atoms with Gasteiger partial charge in [-0.15, -0.1) is 0 Å². The van der Waals surface area contributed by atoms with Crippen LogP contribution in [0.5, 0.6) is 0 Å². The smallest absolute Gasteiger partial charge is 0.301 e. The minimum atomic E-state index is -0.373. The van der Waals surface area contributed by atoms with Gasteiger partial charge in [0.1, 0.15) is 0 Å². The molecule has 6 heteroatoms. The molecule has 0 spiro atoms. The van der Waals surface area contributed by atoms with Crippen LogP contribution in [0.15, 0.2) is 23.4 Å². The topological polar surface area (TPSA) is 68.1 Å². The summed E-state index contributed by atoms with van der Waals surface area (Å²) in [6.07, 6.45) is 2.75. The zero-order chi connectivity index (χ0) is 11.4. The molecule has 0 saturated carbocycles. The van der Waals surface area contributed by atoms with E-state index in [1.165, 1.54) is 17.8 Å². The molecule has 1 aromatic heterocycles. The van der Waals surface area contributed by atoms with Crippen molar-refractivity contribution in [2.75, 3.05) is 18.8 Å². The zero-order valence-corrected chi connectivity index (χ0v) is 9.57. The molecule has 1 N–H and O–H groups in total. The Balaban J connectivity index is 2.00. The average Bonchev–Trinajstić information content (AvgIpc) is 2.79. The van der Waals surface area contributed by atoms with Crippen LogP contribution in [-0.4, -0.2) is 28.7 Å². The van der Waals surface area contributed by atoms with Crippen LogP contribution >= 0.6 is 11.8 Å². The van der Waals surface area contributed by atoms with Gasteiger partial charge in [-0.25, -0.2) is 4.98 Å². The van der Waals surface area contributed by atoms with Crippen LogP contribution in [0, 0.1) is 16.0 Å². The maximum Gasteiger partial charge on any atom is 0.301 e. The number of hydrogen-bond donors (Lipinski definition) is 1. The molecule has 1 fully saturated rings. The maximum atomic E-state index is 10.8. The molecule has 0 aromatic carbocycles. The van der Waals surface area contributed by atoms with E-state index in [0.29, 0.717) is 10.9 Å². The summed E-state index contributed by atoms with van der Waals surface area (Å²) in [7, 11) is 0. The summed E-state index contributed by atoms with van der Waals surface area (Å²) in [6.45, 7) is 2.06. The summed E-state index contributed by atoms with van der Waals surface area (Å²) in [6, 6.07) is 3.10. The lowest BCUT2D eigenvalue weighted by atomic mass is 10.2. The second-order valence-corrected chi connectivity index (χ2v) is 4.76. The number of rotatable bonds is 4. The summed E-state index contributed by atoms with van der Waals surface area (Å²) in [4.78, 5) is 14.4. The Morgan fingerprint density at radius 1 is 1.69 bits per heavy atom. The van der Waals surface area contributed by atoms with Crippen LogP contribution < -0.4 is 5.32 Å². The minimum Gasteiger partial charge on any atom is -0.316 e. The Bertz CT molecular complexity index is 380. The van der Waals surface area contributed by atoms with Crippen LogP contribution in [0.2, 0.25) is 0 Å². The van der Waals surface area contributed by atoms with Gasteiger partial charge >= 0.3 is 5.69 Å². The largest absolute Gasteiger partial charge is 0.316 e. The molecule has 0 aliphatic carbocycles. The number of nitro groups is 1. The molecule has 0 radical (unpaired) electrons. The zero-order valence-electron chi connectivity index (χ0n) is 8.76. The molecule has 1 aliphatic heterocycles. The third kappa shape index (κ3) is 2.70. The van der Waals surface area contributed by atoms with Gasteiger partial charge < -0.3 is 5.32 Å². The van der Waals surface area contributed by atoms with E-state index < -0.39 is 0 Å². The summed E-state index contributed by atoms with van der Waals surface area (Å²) < 4.78 is 0. The number of nitrogens with one attached hydrogen (secondary N) is 1. The van der Waals surface area contributed by atoms with Crippen LogP contribution in [0.1, 0.15) is 6.42 Å². The van der Waals surface area contributed by atoms with Crippen molar-refractivity contribution in [1.29, 1.82) is 0 Å². The lowest BCUT2D eigenvalue weighted by Gasteiger charge is -2.06. The third-order valence-corrected chi connectivity index (χ3v) is 3.79. The Labute approximate surface area is 97.8 Å². The summed E-state index contributed by atoms with van der Waals surface area (Å²) in [5, 5.41) is 14.6. The monoisotopic (exact) mass is 239 g/mol. The molecule has 1 atom stereocenters. The van der Waals surface area contributed by atoms with Crippen molar-refractivity contribution >= 4 is 17.4 Å². The maximum absolute atomic E-state index is 10.8. The van der Waals surface area contributed by atoms with Crippen LogP contribution in [-0.2, 0) is 0 Å². The van der Waals surface area contributed by atoms with Gasteiger partial charge in [0.05, 0.1) is 4.92 Å². The quantitative estimate of drug-likeness (QED) is 0.492. The molecule has 0 bridgehead atoms. The molecule has 0 amide bonds. The van der Waals surface area contributed by atoms with Crippen molar-refractivity contribution in [3.05, 3.63) is 28.4 Å². The molecule has 1 aromatic rings. The predicted molar refractivity (Wildman–Crippen MR) is 62.6 cm³/mol. The molecular formula is C10H13N3O2S. The fourth-order valence-corrected chi connectivity index (χ4v) is 2.79. The first-order valence-electron chi connectivity index (χ1n) is 5.20. The first-order valence-corrected chi connectivity index (χ1v) is 6.19. The molecule has 16 heavy (non-hydrogen) atoms. The highest BCUT2D eigenvalue weighted by atomic mass is 32.2. The minimum absolute atomic E-state index is 0.110. The number of pyridine rings is 1. The van der Waals surface area contributed by atoms with Crippen molar-refractivity contribution in [3.8, 4) is 0 Å². The molecule has 2 rings (SSSR count). The second-order valence-electron chi connectivity index (χ2n) is 3.75. The van der Waals surface area contributed by atoms with E-state index in [9.17, 15) is 10.1 Å². The standard InChI is InChI=1S/C10H13N3O2S/c14-13(15)9-2-1-4-12-10(9)16-7-8-3-5-11-6-8/h1-2,4,8,11H,3,5-7H2/t8-/m1/s1. The summed E-state index contributed by atoms with van der Waals surface area (Å²) in [5.74, 6) is 1.50. The van der Waals surface area contributed by atoms with Crippen molar-refractivity contribution in [2.24, 2.45) is 5.92 Å². The van der Waals surface area contributed by atoms with Gasteiger partial charge in [0.2, 0.25) is 0 Å². The van der Waals surface area contributed by atoms with E-state index in [4.69, 9.17) is 0 Å². The summed E-state index contributed by atoms with van der Waals surface area (Å²) >= 11 is 1.48. The fraction of sp³-hybridized carbons (Fsp3) is 0.500. The van der Waals surface area contributed by atoms with Gasteiger partial charge in [-0.1, -0.05) is 11.8 Å². The van der Waals surface area contributed by atoms with E-state index in [1.54, 1.807) is 12.3 Å². The Morgan fingerprint density at radius 2 is 2.56 bits per heavy atom. The Kier molecular flexibility index (Phi) is 3.74. The molecular weight excluding hydrogens is 226 g/mol. The molecule has 86 valence electrons. The Hall–Kier alpha value is -1.14. The van der Waals surface area contributed by atoms with Crippen molar-refractivity contribution in [3.63, 3.8) is 0 Å². The highest BCUT2D eigenvalue weighted by Crippen LogP contribution is 2.28. The lowest BCUT2D eigenvalue weighted by molar-refractivity contribution is -0.388. The van der Waals surface area contributed by atoms with E-state index in [2.05, 4.69) is 10.3 Å². The highest BCUT2D eigenvalue weighted by molar-refractivity contribution is 7.99. The SMILES string of the molecule is O=[N+]([O-])c1cccnc1SC[C@@H]1CCNC1. The van der Waals surface area contributed by atoms with Crippen molar-refractivity contribution in [1.82, 2.24) is 10.3 Å². The van der Waals surface area contributed by atoms with Gasteiger partial charge in [-0.3, -0.25) is 10.1 Å². The average molecular weight is 239 g/mol. The van der Waals surface area contributed by atoms with Gasteiger partial charge in [-0.2, -0.15) is 0 Å². The van der Waals surface area contributed by atoms with Gasteiger partial charge in [0.15, 0.2) is 5.03 Å². The molecule has 5 nitrogen and oxygen atoms in total. The van der Waals surface area contributed by atoms with Gasteiger partial charge in [0, 0.05) is 18.0 Å². The van der Waals surface area contributed by atoms with E-state index in [1.807, 2.05) is 0 Å². The van der Waals surface area contributed by atoms with Crippen molar-refractivity contribution < 1.29 is 4.92 Å². The van der Waals surface area contributed by atoms with E-state index in [0.717, 1.165) is 25.3 Å². The first kappa shape index (κ1) is 11.3. The number of nitrogens with zero attached hydrogens (tertiary/aromatic N) is 2. The predicted octanol–water partition coefficient (Wildman–Crippen LogP) is 1.69. The first-order chi connectivity index (χ1) is 7.77. The second kappa shape index (κ2) is 5.27. The number of aromatic nitrogens is 1. The van der Waals surface area contributed by atoms with E-state index in [-0.39, 0.29) is 10.6 Å². The van der Waals surface area contributed by atoms with Gasteiger partial charge in [-0.05, 0) is 31.5 Å².